The van der Waals surface area contributed by atoms with Gasteiger partial charge in [0, 0.05) is 5.56 Å². The number of hydrogen-bond donors (Lipinski definition) is 1. The third-order valence-electron chi connectivity index (χ3n) is 3.70. The molecule has 0 radical (unpaired) electrons. The van der Waals surface area contributed by atoms with Crippen LogP contribution in [0.2, 0.25) is 0 Å². The number of allylic oxidation sites excluding steroid dienone is 2. The van der Waals surface area contributed by atoms with E-state index in [4.69, 9.17) is 19.9 Å². The van der Waals surface area contributed by atoms with Gasteiger partial charge in [-0.15, -0.1) is 0 Å². The van der Waals surface area contributed by atoms with Gasteiger partial charge < -0.3 is 19.9 Å². The summed E-state index contributed by atoms with van der Waals surface area (Å²) in [5.41, 5.74) is 6.14. The highest BCUT2D eigenvalue weighted by molar-refractivity contribution is 9.10. The number of carbonyl (C=O) groups is 1. The molecule has 1 unspecified atom stereocenters. The molecule has 1 heterocycles. The predicted octanol–water partition coefficient (Wildman–Crippen LogP) is 3.24. The molecule has 0 aliphatic carbocycles. The van der Waals surface area contributed by atoms with Gasteiger partial charge in [0.15, 0.2) is 11.6 Å². The molecule has 1 atom stereocenters. The second kappa shape index (κ2) is 7.57. The van der Waals surface area contributed by atoms with Crippen molar-refractivity contribution in [3.05, 3.63) is 50.8 Å². The number of nitriles is 1. The van der Waals surface area contributed by atoms with Crippen LogP contribution in [0.25, 0.3) is 0 Å². The molecular formula is C17H16BrFN2O4. The molecule has 0 aromatic heterocycles. The normalized spacial score (nSPS) is 17.0. The number of hydrogen-bond acceptors (Lipinski definition) is 6. The highest BCUT2D eigenvalue weighted by atomic mass is 79.9. The Bertz CT molecular complexity index is 827. The van der Waals surface area contributed by atoms with Gasteiger partial charge in [0.05, 0.1) is 29.7 Å². The zero-order chi connectivity index (χ0) is 18.7. The molecule has 1 aliphatic heterocycles. The van der Waals surface area contributed by atoms with Gasteiger partial charge in [-0.3, -0.25) is 0 Å². The van der Waals surface area contributed by atoms with Crippen LogP contribution in [0.1, 0.15) is 25.3 Å². The number of halogens is 2. The molecule has 8 heteroatoms. The average molecular weight is 411 g/mol. The van der Waals surface area contributed by atoms with Crippen LogP contribution in [-0.4, -0.2) is 19.7 Å². The number of carbonyl (C=O) groups excluding carboxylic acids is 1. The lowest BCUT2D eigenvalue weighted by Crippen LogP contribution is -2.26. The fraction of sp³-hybridized carbons (Fsp3) is 0.294. The molecule has 0 saturated heterocycles. The van der Waals surface area contributed by atoms with E-state index in [1.54, 1.807) is 13.0 Å². The minimum atomic E-state index is -0.963. The Morgan fingerprint density at radius 1 is 1.52 bits per heavy atom. The third kappa shape index (κ3) is 3.33. The Balaban J connectivity index is 2.76. The van der Waals surface area contributed by atoms with Crippen LogP contribution >= 0.6 is 15.9 Å². The van der Waals surface area contributed by atoms with E-state index in [-0.39, 0.29) is 45.2 Å². The second-order valence-electron chi connectivity index (χ2n) is 5.10. The monoisotopic (exact) mass is 410 g/mol. The molecule has 1 aromatic rings. The lowest BCUT2D eigenvalue weighted by atomic mass is 9.82. The van der Waals surface area contributed by atoms with Gasteiger partial charge in [0.1, 0.15) is 17.4 Å². The Labute approximate surface area is 152 Å². The van der Waals surface area contributed by atoms with E-state index in [0.29, 0.717) is 0 Å². The van der Waals surface area contributed by atoms with Gasteiger partial charge >= 0.3 is 5.97 Å². The van der Waals surface area contributed by atoms with E-state index in [9.17, 15) is 14.4 Å². The summed E-state index contributed by atoms with van der Waals surface area (Å²) >= 11 is 3.08. The lowest BCUT2D eigenvalue weighted by molar-refractivity contribution is -0.139. The Morgan fingerprint density at radius 3 is 2.76 bits per heavy atom. The Morgan fingerprint density at radius 2 is 2.20 bits per heavy atom. The van der Waals surface area contributed by atoms with Crippen molar-refractivity contribution in [2.24, 2.45) is 5.73 Å². The number of benzene rings is 1. The van der Waals surface area contributed by atoms with Gasteiger partial charge in [-0.1, -0.05) is 6.07 Å². The summed E-state index contributed by atoms with van der Waals surface area (Å²) in [6, 6.07) is 4.95. The summed E-state index contributed by atoms with van der Waals surface area (Å²) in [4.78, 5) is 12.4. The molecule has 0 bridgehead atoms. The van der Waals surface area contributed by atoms with Crippen molar-refractivity contribution in [1.82, 2.24) is 0 Å². The fourth-order valence-corrected chi connectivity index (χ4v) is 2.96. The van der Waals surface area contributed by atoms with E-state index in [1.807, 2.05) is 6.07 Å². The SMILES string of the molecule is CCOC(=O)C1=C(C)OC(N)=C(C#N)C1c1ccc(Br)c(F)c1OC. The van der Waals surface area contributed by atoms with Gasteiger partial charge in [0.2, 0.25) is 5.88 Å². The van der Waals surface area contributed by atoms with E-state index >= 15 is 0 Å². The van der Waals surface area contributed by atoms with Gasteiger partial charge in [0.25, 0.3) is 0 Å². The quantitative estimate of drug-likeness (QED) is 0.765. The second-order valence-corrected chi connectivity index (χ2v) is 5.95. The molecule has 1 aliphatic rings. The smallest absolute Gasteiger partial charge is 0.338 e. The van der Waals surface area contributed by atoms with Crippen molar-refractivity contribution in [3.8, 4) is 11.8 Å². The van der Waals surface area contributed by atoms with Crippen molar-refractivity contribution in [3.63, 3.8) is 0 Å². The van der Waals surface area contributed by atoms with E-state index in [1.165, 1.54) is 20.1 Å². The lowest BCUT2D eigenvalue weighted by Gasteiger charge is -2.28. The number of rotatable bonds is 4. The van der Waals surface area contributed by atoms with E-state index in [2.05, 4.69) is 15.9 Å². The van der Waals surface area contributed by atoms with Crippen molar-refractivity contribution in [2.45, 2.75) is 19.8 Å². The number of esters is 1. The summed E-state index contributed by atoms with van der Waals surface area (Å²) in [7, 11) is 1.30. The Kier molecular flexibility index (Phi) is 5.69. The maximum absolute atomic E-state index is 14.5. The predicted molar refractivity (Wildman–Crippen MR) is 90.6 cm³/mol. The molecule has 25 heavy (non-hydrogen) atoms. The first-order valence-electron chi connectivity index (χ1n) is 7.34. The van der Waals surface area contributed by atoms with Crippen LogP contribution < -0.4 is 10.5 Å². The summed E-state index contributed by atoms with van der Waals surface area (Å²) in [6.07, 6.45) is 0. The molecular weight excluding hydrogens is 395 g/mol. The number of nitrogens with two attached hydrogens (primary N) is 1. The van der Waals surface area contributed by atoms with Crippen LogP contribution in [0.3, 0.4) is 0 Å². The molecule has 2 rings (SSSR count). The minimum Gasteiger partial charge on any atom is -0.493 e. The maximum atomic E-state index is 14.5. The fourth-order valence-electron chi connectivity index (χ4n) is 2.65. The molecule has 0 fully saturated rings. The standard InChI is InChI=1S/C17H16BrFN2O4/c1-4-24-17(22)12-8(2)25-16(21)10(7-20)13(12)9-5-6-11(18)14(19)15(9)23-3/h5-6,13H,4,21H2,1-3H3. The largest absolute Gasteiger partial charge is 0.493 e. The molecule has 0 amide bonds. The van der Waals surface area contributed by atoms with E-state index in [0.717, 1.165) is 0 Å². The summed E-state index contributed by atoms with van der Waals surface area (Å²) in [6.45, 7) is 3.32. The van der Waals surface area contributed by atoms with Crippen LogP contribution in [0.15, 0.2) is 39.4 Å². The number of ether oxygens (including phenoxy) is 3. The summed E-state index contributed by atoms with van der Waals surface area (Å²) < 4.78 is 30.2. The minimum absolute atomic E-state index is 0.0197. The number of methoxy groups -OCH3 is 1. The van der Waals surface area contributed by atoms with Gasteiger partial charge in [-0.2, -0.15) is 5.26 Å². The highest BCUT2D eigenvalue weighted by Crippen LogP contribution is 2.44. The highest BCUT2D eigenvalue weighted by Gasteiger charge is 2.38. The molecule has 2 N–H and O–H groups in total. The summed E-state index contributed by atoms with van der Waals surface area (Å²) in [5, 5.41) is 9.51. The zero-order valence-corrected chi connectivity index (χ0v) is 15.4. The molecule has 6 nitrogen and oxygen atoms in total. The van der Waals surface area contributed by atoms with Crippen LogP contribution in [0, 0.1) is 17.1 Å². The zero-order valence-electron chi connectivity index (χ0n) is 13.9. The topological polar surface area (TPSA) is 94.6 Å². The average Bonchev–Trinajstić information content (AvgIpc) is 2.56. The van der Waals surface area contributed by atoms with Crippen molar-refractivity contribution >= 4 is 21.9 Å². The van der Waals surface area contributed by atoms with Crippen molar-refractivity contribution in [1.29, 1.82) is 5.26 Å². The molecule has 0 saturated carbocycles. The van der Waals surface area contributed by atoms with E-state index < -0.39 is 17.7 Å². The first-order chi connectivity index (χ1) is 11.9. The summed E-state index contributed by atoms with van der Waals surface area (Å²) in [5.74, 6) is -2.35. The first-order valence-corrected chi connectivity index (χ1v) is 8.13. The van der Waals surface area contributed by atoms with Crippen LogP contribution in [0.5, 0.6) is 5.75 Å². The molecule has 1 aromatic carbocycles. The van der Waals surface area contributed by atoms with Crippen LogP contribution in [-0.2, 0) is 14.3 Å². The third-order valence-corrected chi connectivity index (χ3v) is 4.31. The Hall–Kier alpha value is -2.53. The maximum Gasteiger partial charge on any atom is 0.338 e. The van der Waals surface area contributed by atoms with Crippen molar-refractivity contribution < 1.29 is 23.4 Å². The number of nitrogens with zero attached hydrogens (tertiary/aromatic N) is 1. The van der Waals surface area contributed by atoms with Gasteiger partial charge in [-0.25, -0.2) is 9.18 Å². The molecule has 132 valence electrons. The van der Waals surface area contributed by atoms with Crippen LogP contribution in [0.4, 0.5) is 4.39 Å². The van der Waals surface area contributed by atoms with Gasteiger partial charge in [-0.05, 0) is 35.8 Å². The first kappa shape index (κ1) is 18.8. The molecule has 0 spiro atoms. The van der Waals surface area contributed by atoms with Crippen molar-refractivity contribution in [2.75, 3.05) is 13.7 Å².